The zero-order chi connectivity index (χ0) is 14.2. The third-order valence-corrected chi connectivity index (χ3v) is 4.88. The van der Waals surface area contributed by atoms with E-state index in [0.29, 0.717) is 5.75 Å². The van der Waals surface area contributed by atoms with Crippen LogP contribution in [0.1, 0.15) is 47.9 Å². The van der Waals surface area contributed by atoms with Gasteiger partial charge in [-0.15, -0.1) is 0 Å². The summed E-state index contributed by atoms with van der Waals surface area (Å²) in [4.78, 5) is 11.3. The van der Waals surface area contributed by atoms with Crippen molar-refractivity contribution >= 4 is 21.9 Å². The summed E-state index contributed by atoms with van der Waals surface area (Å²) < 4.78 is 6.43. The lowest BCUT2D eigenvalue weighted by molar-refractivity contribution is -0.138. The van der Waals surface area contributed by atoms with Gasteiger partial charge in [0.1, 0.15) is 5.75 Å². The van der Waals surface area contributed by atoms with Crippen molar-refractivity contribution in [2.24, 2.45) is 0 Å². The molecule has 0 saturated carbocycles. The van der Waals surface area contributed by atoms with Crippen LogP contribution in [0.2, 0.25) is 0 Å². The molecule has 0 fully saturated rings. The number of carboxylic acids is 1. The zero-order valence-corrected chi connectivity index (χ0v) is 13.1. The van der Waals surface area contributed by atoms with Crippen molar-refractivity contribution in [1.82, 2.24) is 0 Å². The molecule has 1 atom stereocenters. The molecule has 0 heterocycles. The maximum Gasteiger partial charge on any atom is 0.310 e. The number of methoxy groups -OCH3 is 1. The van der Waals surface area contributed by atoms with Crippen molar-refractivity contribution in [2.75, 3.05) is 7.11 Å². The van der Waals surface area contributed by atoms with Gasteiger partial charge < -0.3 is 9.84 Å². The van der Waals surface area contributed by atoms with Crippen molar-refractivity contribution in [3.63, 3.8) is 0 Å². The molecular weight excluding hydrogens is 308 g/mol. The first kappa shape index (κ1) is 14.4. The molecule has 0 aliphatic heterocycles. The van der Waals surface area contributed by atoms with Crippen molar-refractivity contribution in [3.8, 4) is 5.75 Å². The third-order valence-electron chi connectivity index (χ3n) is 4.04. The molecule has 1 aromatic carbocycles. The van der Waals surface area contributed by atoms with Crippen molar-refractivity contribution in [1.29, 1.82) is 0 Å². The molecule has 0 bridgehead atoms. The average Bonchev–Trinajstić information content (AvgIpc) is 2.41. The molecule has 19 heavy (non-hydrogen) atoms. The van der Waals surface area contributed by atoms with Crippen LogP contribution in [-0.2, 0) is 17.6 Å². The average molecular weight is 327 g/mol. The van der Waals surface area contributed by atoms with E-state index in [-0.39, 0.29) is 0 Å². The Kier molecular flexibility index (Phi) is 4.19. The second-order valence-corrected chi connectivity index (χ2v) is 5.90. The van der Waals surface area contributed by atoms with Gasteiger partial charge in [-0.05, 0) is 72.2 Å². The fourth-order valence-corrected chi connectivity index (χ4v) is 3.81. The van der Waals surface area contributed by atoms with Gasteiger partial charge in [0.25, 0.3) is 0 Å². The van der Waals surface area contributed by atoms with Crippen molar-refractivity contribution in [2.45, 2.75) is 45.4 Å². The third kappa shape index (κ3) is 2.38. The van der Waals surface area contributed by atoms with Gasteiger partial charge in [0.2, 0.25) is 0 Å². The summed E-state index contributed by atoms with van der Waals surface area (Å²) in [5.74, 6) is -0.685. The number of hydrogen-bond acceptors (Lipinski definition) is 2. The minimum atomic E-state index is -0.816. The summed E-state index contributed by atoms with van der Waals surface area (Å²) >= 11 is 3.61. The number of rotatable bonds is 3. The molecule has 0 radical (unpaired) electrons. The monoisotopic (exact) mass is 326 g/mol. The van der Waals surface area contributed by atoms with E-state index in [4.69, 9.17) is 4.74 Å². The number of ether oxygens (including phenoxy) is 1. The van der Waals surface area contributed by atoms with Crippen LogP contribution in [0, 0.1) is 6.92 Å². The molecule has 2 rings (SSSR count). The predicted molar refractivity (Wildman–Crippen MR) is 78.1 cm³/mol. The van der Waals surface area contributed by atoms with Crippen LogP contribution in [-0.4, -0.2) is 18.2 Å². The van der Waals surface area contributed by atoms with E-state index in [2.05, 4.69) is 15.9 Å². The highest BCUT2D eigenvalue weighted by Crippen LogP contribution is 2.43. The first-order valence-electron chi connectivity index (χ1n) is 6.59. The topological polar surface area (TPSA) is 46.5 Å². The first-order chi connectivity index (χ1) is 8.99. The molecule has 1 aliphatic rings. The molecule has 0 aromatic heterocycles. The van der Waals surface area contributed by atoms with Crippen LogP contribution in [0.4, 0.5) is 0 Å². The fraction of sp³-hybridized carbons (Fsp3) is 0.533. The molecule has 1 unspecified atom stereocenters. The molecule has 1 aliphatic carbocycles. The molecule has 3 nitrogen and oxygen atoms in total. The lowest BCUT2D eigenvalue weighted by atomic mass is 9.83. The molecule has 0 amide bonds. The number of aliphatic carboxylic acids is 1. The Morgan fingerprint density at radius 2 is 1.89 bits per heavy atom. The van der Waals surface area contributed by atoms with E-state index in [1.54, 1.807) is 14.0 Å². The van der Waals surface area contributed by atoms with Gasteiger partial charge in [-0.1, -0.05) is 0 Å². The van der Waals surface area contributed by atoms with E-state index in [1.807, 2.05) is 6.92 Å². The van der Waals surface area contributed by atoms with Crippen LogP contribution in [0.5, 0.6) is 5.75 Å². The number of carboxylic acid groups (broad SMARTS) is 1. The summed E-state index contributed by atoms with van der Waals surface area (Å²) in [6, 6.07) is 0. The smallest absolute Gasteiger partial charge is 0.310 e. The number of fused-ring (bicyclic) bond motifs is 1. The highest BCUT2D eigenvalue weighted by Gasteiger charge is 2.28. The van der Waals surface area contributed by atoms with Gasteiger partial charge >= 0.3 is 5.97 Å². The molecule has 4 heteroatoms. The Labute approximate surface area is 122 Å². The normalized spacial score (nSPS) is 15.8. The quantitative estimate of drug-likeness (QED) is 0.918. The molecule has 0 spiro atoms. The Morgan fingerprint density at radius 3 is 2.42 bits per heavy atom. The summed E-state index contributed by atoms with van der Waals surface area (Å²) in [6.07, 6.45) is 4.42. The molecule has 0 saturated heterocycles. The van der Waals surface area contributed by atoms with E-state index in [0.717, 1.165) is 28.4 Å². The minimum Gasteiger partial charge on any atom is -0.495 e. The summed E-state index contributed by atoms with van der Waals surface area (Å²) in [5, 5.41) is 9.30. The highest BCUT2D eigenvalue weighted by atomic mass is 79.9. The van der Waals surface area contributed by atoms with Crippen LogP contribution >= 0.6 is 15.9 Å². The zero-order valence-electron chi connectivity index (χ0n) is 11.5. The maximum absolute atomic E-state index is 11.3. The van der Waals surface area contributed by atoms with Gasteiger partial charge in [-0.25, -0.2) is 0 Å². The number of benzene rings is 1. The van der Waals surface area contributed by atoms with Crippen molar-refractivity contribution in [3.05, 3.63) is 26.7 Å². The van der Waals surface area contributed by atoms with Crippen LogP contribution in [0.15, 0.2) is 4.47 Å². The lowest BCUT2D eigenvalue weighted by Crippen LogP contribution is -2.15. The second-order valence-electron chi connectivity index (χ2n) is 5.11. The highest BCUT2D eigenvalue weighted by molar-refractivity contribution is 9.10. The van der Waals surface area contributed by atoms with E-state index < -0.39 is 11.9 Å². The van der Waals surface area contributed by atoms with Gasteiger partial charge in [0.15, 0.2) is 0 Å². The summed E-state index contributed by atoms with van der Waals surface area (Å²) in [7, 11) is 1.60. The van der Waals surface area contributed by atoms with Crippen molar-refractivity contribution < 1.29 is 14.6 Å². The molecule has 1 N–H and O–H groups in total. The largest absolute Gasteiger partial charge is 0.495 e. The maximum atomic E-state index is 11.3. The SMILES string of the molecule is COc1c(Br)c2c(c(C)c1C(C)C(=O)O)CCCC2. The van der Waals surface area contributed by atoms with E-state index in [9.17, 15) is 9.90 Å². The van der Waals surface area contributed by atoms with E-state index >= 15 is 0 Å². The standard InChI is InChI=1S/C15H19BrO3/c1-8-10-6-4-5-7-11(10)13(16)14(19-3)12(8)9(2)15(17)18/h9H,4-7H2,1-3H3,(H,17,18). The fourth-order valence-electron chi connectivity index (χ4n) is 2.99. The predicted octanol–water partition coefficient (Wildman–Crippen LogP) is 3.83. The Bertz CT molecular complexity index is 523. The lowest BCUT2D eigenvalue weighted by Gasteiger charge is -2.26. The van der Waals surface area contributed by atoms with Crippen LogP contribution in [0.3, 0.4) is 0 Å². The minimum absolute atomic E-state index is 0.557. The Balaban J connectivity index is 2.71. The Hall–Kier alpha value is -1.03. The number of halogens is 1. The summed E-state index contributed by atoms with van der Waals surface area (Å²) in [6.45, 7) is 3.74. The number of carbonyl (C=O) groups is 1. The van der Waals surface area contributed by atoms with E-state index in [1.165, 1.54) is 24.0 Å². The van der Waals surface area contributed by atoms with Gasteiger partial charge in [-0.3, -0.25) is 4.79 Å². The van der Waals surface area contributed by atoms with Crippen LogP contribution in [0.25, 0.3) is 0 Å². The first-order valence-corrected chi connectivity index (χ1v) is 7.38. The molecular formula is C15H19BrO3. The second kappa shape index (κ2) is 5.53. The number of hydrogen-bond donors (Lipinski definition) is 1. The van der Waals surface area contributed by atoms with Crippen LogP contribution < -0.4 is 4.74 Å². The van der Waals surface area contributed by atoms with Gasteiger partial charge in [0, 0.05) is 5.56 Å². The molecule has 104 valence electrons. The Morgan fingerprint density at radius 1 is 1.32 bits per heavy atom. The molecule has 1 aromatic rings. The summed E-state index contributed by atoms with van der Waals surface area (Å²) in [5.41, 5.74) is 4.50. The van der Waals surface area contributed by atoms with Gasteiger partial charge in [0.05, 0.1) is 17.5 Å². The van der Waals surface area contributed by atoms with Gasteiger partial charge in [-0.2, -0.15) is 0 Å².